The van der Waals surface area contributed by atoms with Gasteiger partial charge in [0.15, 0.2) is 0 Å². The molecule has 1 atom stereocenters. The van der Waals surface area contributed by atoms with Crippen LogP contribution in [0.4, 0.5) is 16.3 Å². The maximum atomic E-state index is 12.6. The largest absolute Gasteiger partial charge is 0.384 e. The lowest BCUT2D eigenvalue weighted by Crippen LogP contribution is -2.36. The molecule has 1 aromatic carbocycles. The lowest BCUT2D eigenvalue weighted by Gasteiger charge is -2.26. The number of hydrogen-bond acceptors (Lipinski definition) is 5. The van der Waals surface area contributed by atoms with Crippen LogP contribution < -0.4 is 11.1 Å². The zero-order chi connectivity index (χ0) is 20.5. The number of nitrogens with two attached hydrogens (primary N) is 1. The van der Waals surface area contributed by atoms with Crippen molar-refractivity contribution >= 4 is 29.2 Å². The van der Waals surface area contributed by atoms with Crippen molar-refractivity contribution in [1.82, 2.24) is 14.9 Å². The van der Waals surface area contributed by atoms with Crippen LogP contribution in [-0.2, 0) is 17.9 Å². The maximum absolute atomic E-state index is 12.6. The normalized spacial score (nSPS) is 18.5. The van der Waals surface area contributed by atoms with Crippen molar-refractivity contribution in [2.24, 2.45) is 11.0 Å². The van der Waals surface area contributed by atoms with Gasteiger partial charge in [-0.15, -0.1) is 0 Å². The minimum absolute atomic E-state index is 0.0514. The average molecular weight is 392 g/mol. The molecule has 0 bridgehead atoms. The Labute approximate surface area is 169 Å². The first kappa shape index (κ1) is 18.9. The fourth-order valence-corrected chi connectivity index (χ4v) is 3.68. The molecule has 3 amide bonds. The number of amides is 3. The van der Waals surface area contributed by atoms with Crippen molar-refractivity contribution < 1.29 is 9.59 Å². The van der Waals surface area contributed by atoms with Gasteiger partial charge in [0.25, 0.3) is 0 Å². The summed E-state index contributed by atoms with van der Waals surface area (Å²) in [5.41, 5.74) is 10.1. The Balaban J connectivity index is 1.44. The van der Waals surface area contributed by atoms with E-state index in [1.165, 1.54) is 5.01 Å². The summed E-state index contributed by atoms with van der Waals surface area (Å²) in [6, 6.07) is 11.0. The highest BCUT2D eigenvalue weighted by Crippen LogP contribution is 2.24. The first-order valence-corrected chi connectivity index (χ1v) is 9.74. The summed E-state index contributed by atoms with van der Waals surface area (Å²) in [7, 11) is 0. The van der Waals surface area contributed by atoms with Gasteiger partial charge >= 0.3 is 6.03 Å². The number of nitrogens with zero attached hydrogens (tertiary/aromatic N) is 4. The number of hydrazone groups is 1. The highest BCUT2D eigenvalue weighted by atomic mass is 16.2. The highest BCUT2D eigenvalue weighted by molar-refractivity contribution is 6.06. The van der Waals surface area contributed by atoms with Crippen LogP contribution in [0.25, 0.3) is 0 Å². The van der Waals surface area contributed by atoms with Crippen molar-refractivity contribution in [3.05, 3.63) is 53.2 Å². The van der Waals surface area contributed by atoms with Crippen LogP contribution in [0.3, 0.4) is 0 Å². The predicted octanol–water partition coefficient (Wildman–Crippen LogP) is 2.80. The summed E-state index contributed by atoms with van der Waals surface area (Å²) in [5, 5.41) is 8.94. The van der Waals surface area contributed by atoms with E-state index in [9.17, 15) is 9.59 Å². The molecule has 3 N–H and O–H groups in total. The second-order valence-corrected chi connectivity index (χ2v) is 7.41. The lowest BCUT2D eigenvalue weighted by molar-refractivity contribution is -0.132. The van der Waals surface area contributed by atoms with Crippen LogP contribution in [-0.4, -0.2) is 39.1 Å². The molecule has 8 nitrogen and oxygen atoms in total. The third-order valence-electron chi connectivity index (χ3n) is 5.27. The van der Waals surface area contributed by atoms with Crippen LogP contribution in [0.1, 0.15) is 37.1 Å². The van der Waals surface area contributed by atoms with Gasteiger partial charge in [-0.1, -0.05) is 25.1 Å². The molecule has 0 saturated heterocycles. The van der Waals surface area contributed by atoms with Crippen LogP contribution in [0.5, 0.6) is 0 Å². The van der Waals surface area contributed by atoms with Gasteiger partial charge in [0.1, 0.15) is 5.82 Å². The first-order valence-electron chi connectivity index (χ1n) is 9.74. The molecular formula is C21H24N6O2. The molecule has 0 radical (unpaired) electrons. The SMILES string of the molecule is CCN1N=C(c2ccc(NC(=O)N3Cc4ccc(N)nc4C3)cc2)[C@H](C)CC1=O. The van der Waals surface area contributed by atoms with Gasteiger partial charge in [0.2, 0.25) is 5.91 Å². The number of fused-ring (bicyclic) bond motifs is 1. The van der Waals surface area contributed by atoms with E-state index in [0.29, 0.717) is 37.6 Å². The number of aromatic nitrogens is 1. The Hall–Kier alpha value is -3.42. The number of nitrogen functional groups attached to an aromatic ring is 1. The summed E-state index contributed by atoms with van der Waals surface area (Å²) in [4.78, 5) is 30.6. The third-order valence-corrected chi connectivity index (χ3v) is 5.27. The zero-order valence-electron chi connectivity index (χ0n) is 16.6. The fraction of sp³-hybridized carbons (Fsp3) is 0.333. The van der Waals surface area contributed by atoms with Crippen molar-refractivity contribution in [2.45, 2.75) is 33.4 Å². The Morgan fingerprint density at radius 1 is 1.21 bits per heavy atom. The summed E-state index contributed by atoms with van der Waals surface area (Å²) < 4.78 is 0. The van der Waals surface area contributed by atoms with E-state index in [0.717, 1.165) is 22.5 Å². The number of carbonyl (C=O) groups is 2. The molecule has 8 heteroatoms. The number of urea groups is 1. The zero-order valence-corrected chi connectivity index (χ0v) is 16.6. The Kier molecular flexibility index (Phi) is 4.92. The van der Waals surface area contributed by atoms with E-state index in [-0.39, 0.29) is 17.9 Å². The second kappa shape index (κ2) is 7.54. The predicted molar refractivity (Wildman–Crippen MR) is 111 cm³/mol. The number of nitrogens with one attached hydrogen (secondary N) is 1. The number of carbonyl (C=O) groups excluding carboxylic acids is 2. The summed E-state index contributed by atoms with van der Waals surface area (Å²) in [6.07, 6.45) is 0.458. The monoisotopic (exact) mass is 392 g/mol. The number of hydrogen-bond donors (Lipinski definition) is 2. The molecule has 29 heavy (non-hydrogen) atoms. The van der Waals surface area contributed by atoms with E-state index in [4.69, 9.17) is 5.73 Å². The van der Waals surface area contributed by atoms with Crippen LogP contribution in [0.15, 0.2) is 41.5 Å². The number of rotatable bonds is 3. The van der Waals surface area contributed by atoms with Crippen LogP contribution >= 0.6 is 0 Å². The van der Waals surface area contributed by atoms with Crippen molar-refractivity contribution in [3.8, 4) is 0 Å². The highest BCUT2D eigenvalue weighted by Gasteiger charge is 2.27. The molecule has 3 heterocycles. The number of pyridine rings is 1. The van der Waals surface area contributed by atoms with E-state index in [1.807, 2.05) is 44.2 Å². The molecule has 2 aliphatic rings. The van der Waals surface area contributed by atoms with Gasteiger partial charge in [-0.25, -0.2) is 14.8 Å². The molecule has 2 aromatic rings. The van der Waals surface area contributed by atoms with Crippen molar-refractivity contribution in [3.63, 3.8) is 0 Å². The quantitative estimate of drug-likeness (QED) is 0.838. The van der Waals surface area contributed by atoms with Gasteiger partial charge in [-0.05, 0) is 36.2 Å². The molecule has 0 spiro atoms. The van der Waals surface area contributed by atoms with E-state index >= 15 is 0 Å². The van der Waals surface area contributed by atoms with Crippen molar-refractivity contribution in [2.75, 3.05) is 17.6 Å². The molecule has 4 rings (SSSR count). The topological polar surface area (TPSA) is 104 Å². The molecule has 0 unspecified atom stereocenters. The molecule has 2 aliphatic heterocycles. The summed E-state index contributed by atoms with van der Waals surface area (Å²) in [5.74, 6) is 0.578. The molecule has 1 aromatic heterocycles. The van der Waals surface area contributed by atoms with Gasteiger partial charge in [0, 0.05) is 31.1 Å². The van der Waals surface area contributed by atoms with E-state index in [2.05, 4.69) is 15.4 Å². The van der Waals surface area contributed by atoms with Gasteiger partial charge < -0.3 is 16.0 Å². The Bertz CT molecular complexity index is 985. The molecule has 150 valence electrons. The van der Waals surface area contributed by atoms with Crippen LogP contribution in [0, 0.1) is 5.92 Å². The van der Waals surface area contributed by atoms with Crippen molar-refractivity contribution in [1.29, 1.82) is 0 Å². The molecule has 0 fully saturated rings. The Morgan fingerprint density at radius 3 is 2.69 bits per heavy atom. The minimum Gasteiger partial charge on any atom is -0.384 e. The first-order chi connectivity index (χ1) is 13.9. The molecular weight excluding hydrogens is 368 g/mol. The average Bonchev–Trinajstić information content (AvgIpc) is 3.12. The minimum atomic E-state index is -0.180. The van der Waals surface area contributed by atoms with Gasteiger partial charge in [0.05, 0.1) is 18.0 Å². The van der Waals surface area contributed by atoms with Crippen LogP contribution in [0.2, 0.25) is 0 Å². The fourth-order valence-electron chi connectivity index (χ4n) is 3.68. The smallest absolute Gasteiger partial charge is 0.322 e. The second-order valence-electron chi connectivity index (χ2n) is 7.41. The summed E-state index contributed by atoms with van der Waals surface area (Å²) >= 11 is 0. The van der Waals surface area contributed by atoms with E-state index < -0.39 is 0 Å². The van der Waals surface area contributed by atoms with Gasteiger partial charge in [-0.3, -0.25) is 4.79 Å². The standard InChI is InChI=1S/C21H24N6O2/c1-3-27-19(28)10-13(2)20(25-27)14-4-7-16(8-5-14)23-21(29)26-11-15-6-9-18(22)24-17(15)12-26/h4-9,13H,3,10-12H2,1-2H3,(H2,22,24)(H,23,29)/t13-/m1/s1. The number of anilines is 2. The van der Waals surface area contributed by atoms with E-state index in [1.54, 1.807) is 11.0 Å². The number of benzene rings is 1. The Morgan fingerprint density at radius 2 is 1.97 bits per heavy atom. The third kappa shape index (κ3) is 3.78. The molecule has 0 saturated carbocycles. The lowest BCUT2D eigenvalue weighted by atomic mass is 9.93. The summed E-state index contributed by atoms with van der Waals surface area (Å²) in [6.45, 7) is 5.43. The maximum Gasteiger partial charge on any atom is 0.322 e. The molecule has 0 aliphatic carbocycles. The van der Waals surface area contributed by atoms with Gasteiger partial charge in [-0.2, -0.15) is 5.10 Å².